The van der Waals surface area contributed by atoms with Crippen LogP contribution in [-0.2, 0) is 71.3 Å². The van der Waals surface area contributed by atoms with E-state index in [0.29, 0.717) is 187 Å². The third-order valence-corrected chi connectivity index (χ3v) is 11.3. The van der Waals surface area contributed by atoms with Crippen molar-refractivity contribution in [1.82, 2.24) is 15.3 Å². The van der Waals surface area contributed by atoms with E-state index >= 15 is 0 Å². The first kappa shape index (κ1) is 63.6. The Hall–Kier alpha value is -4.91. The molecule has 0 aromatic heterocycles. The molecule has 0 radical (unpaired) electrons. The summed E-state index contributed by atoms with van der Waals surface area (Å²) in [7, 11) is 0. The maximum absolute atomic E-state index is 13.6. The molecule has 4 rings (SSSR count). The molecule has 21 nitrogen and oxygen atoms in total. The lowest BCUT2D eigenvalue weighted by molar-refractivity contribution is -0.180. The Morgan fingerprint density at radius 3 is 1.64 bits per heavy atom. The summed E-state index contributed by atoms with van der Waals surface area (Å²) in [5.74, 6) is -0.571. The van der Waals surface area contributed by atoms with Crippen LogP contribution >= 0.6 is 0 Å². The molecule has 2 aromatic rings. The number of carbonyl (C=O) groups excluding carboxylic acids is 4. The lowest BCUT2D eigenvalue weighted by atomic mass is 9.99. The Labute approximate surface area is 449 Å². The van der Waals surface area contributed by atoms with Crippen LogP contribution in [0.15, 0.2) is 53.0 Å². The zero-order valence-electron chi connectivity index (χ0n) is 45.7. The molecule has 2 aliphatic rings. The molecule has 0 saturated carbocycles. The minimum absolute atomic E-state index is 0.198. The molecule has 1 atom stereocenters. The fourth-order valence-corrected chi connectivity index (χ4v) is 7.70. The number of rotatable bonds is 41. The lowest BCUT2D eigenvalue weighted by Crippen LogP contribution is -2.46. The number of amides is 3. The highest BCUT2D eigenvalue weighted by Gasteiger charge is 2.34. The standard InChI is InChI=1S/C55H85N5O16/c1-6-18-60(75-7-2)54(64)47-40-46-15-14-45(41-48(46)58-50(56)42-47)43-10-12-44(13-11-43)53(63)59-19-8-9-49(59)52(62)57-17-21-66-23-25-68-27-29-70-31-33-72-35-37-74-39-38-73-36-34-71-32-30-69-28-26-67-24-22-65-20-16-51(61)76-55(3,4)5/h10-15,40-41,49H,6-9,16-39,42H2,1-5H3,(H2,56,58)(H,57,62)/t49-/m0/s1. The summed E-state index contributed by atoms with van der Waals surface area (Å²) in [6, 6.07) is 12.5. The number of esters is 1. The van der Waals surface area contributed by atoms with Crippen LogP contribution < -0.4 is 11.1 Å². The number of nitrogens with zero attached hydrogens (tertiary/aromatic N) is 3. The predicted octanol–water partition coefficient (Wildman–Crippen LogP) is 4.94. The molecule has 1 fully saturated rings. The first-order valence-electron chi connectivity index (χ1n) is 26.7. The van der Waals surface area contributed by atoms with Crippen LogP contribution in [0, 0.1) is 0 Å². The van der Waals surface area contributed by atoms with Crippen molar-refractivity contribution in [2.45, 2.75) is 78.4 Å². The van der Waals surface area contributed by atoms with E-state index in [0.717, 1.165) is 29.5 Å². The normalized spacial score (nSPS) is 14.5. The van der Waals surface area contributed by atoms with Gasteiger partial charge >= 0.3 is 5.97 Å². The minimum atomic E-state index is -0.556. The molecule has 21 heteroatoms. The molecule has 0 spiro atoms. The Morgan fingerprint density at radius 1 is 0.671 bits per heavy atom. The number of hydrogen-bond acceptors (Lipinski definition) is 18. The molecular weight excluding hydrogens is 987 g/mol. The number of amidine groups is 1. The van der Waals surface area contributed by atoms with Crippen molar-refractivity contribution in [3.63, 3.8) is 0 Å². The molecule has 426 valence electrons. The van der Waals surface area contributed by atoms with Gasteiger partial charge in [0.25, 0.3) is 11.8 Å². The first-order valence-corrected chi connectivity index (χ1v) is 26.7. The minimum Gasteiger partial charge on any atom is -0.460 e. The van der Waals surface area contributed by atoms with Crippen molar-refractivity contribution in [2.24, 2.45) is 10.7 Å². The summed E-state index contributed by atoms with van der Waals surface area (Å²) in [5.41, 5.74) is 9.97. The number of nitrogens with one attached hydrogen (secondary N) is 1. The molecule has 0 bridgehead atoms. The van der Waals surface area contributed by atoms with Crippen molar-refractivity contribution in [3.05, 3.63) is 59.2 Å². The van der Waals surface area contributed by atoms with E-state index in [1.165, 1.54) is 5.06 Å². The summed E-state index contributed by atoms with van der Waals surface area (Å²) in [6.07, 6.45) is 4.33. The van der Waals surface area contributed by atoms with E-state index < -0.39 is 11.6 Å². The highest BCUT2D eigenvalue weighted by atomic mass is 16.7. The van der Waals surface area contributed by atoms with E-state index in [9.17, 15) is 19.2 Å². The van der Waals surface area contributed by atoms with E-state index in [2.05, 4.69) is 10.3 Å². The van der Waals surface area contributed by atoms with Crippen molar-refractivity contribution in [1.29, 1.82) is 0 Å². The summed E-state index contributed by atoms with van der Waals surface area (Å²) in [6.45, 7) is 19.5. The van der Waals surface area contributed by atoms with E-state index in [1.54, 1.807) is 17.0 Å². The fraction of sp³-hybridized carbons (Fsp3) is 0.655. The number of nitrogens with two attached hydrogens (primary N) is 1. The van der Waals surface area contributed by atoms with Crippen molar-refractivity contribution < 1.29 is 76.1 Å². The third kappa shape index (κ3) is 26.0. The smallest absolute Gasteiger partial charge is 0.308 e. The second-order valence-electron chi connectivity index (χ2n) is 18.5. The van der Waals surface area contributed by atoms with Crippen LogP contribution in [0.2, 0.25) is 0 Å². The lowest BCUT2D eigenvalue weighted by Gasteiger charge is -2.24. The number of likely N-dealkylation sites (tertiary alicyclic amines) is 1. The van der Waals surface area contributed by atoms with Gasteiger partial charge in [0, 0.05) is 42.8 Å². The highest BCUT2D eigenvalue weighted by Crippen LogP contribution is 2.33. The SMILES string of the molecule is CCCN(OCC)C(=O)C1=Cc2ccc(-c3ccc(C(=O)N4CCC[C@H]4C(=O)NCCOCCOCCOCCOCCOCCOCCOCCOCCOCCOCCC(=O)OC(C)(C)C)cc3)cc2N=C(N)C1. The Morgan fingerprint density at radius 2 is 1.16 bits per heavy atom. The van der Waals surface area contributed by atoms with E-state index in [4.69, 9.17) is 62.7 Å². The Balaban J connectivity index is 0.922. The maximum atomic E-state index is 13.6. The monoisotopic (exact) mass is 1070 g/mol. The summed E-state index contributed by atoms with van der Waals surface area (Å²) in [4.78, 5) is 63.5. The molecule has 3 amide bonds. The van der Waals surface area contributed by atoms with Crippen molar-refractivity contribution in [2.75, 3.05) is 158 Å². The van der Waals surface area contributed by atoms with Gasteiger partial charge in [0.05, 0.1) is 151 Å². The molecule has 3 N–H and O–H groups in total. The van der Waals surface area contributed by atoms with E-state index in [-0.39, 0.29) is 36.5 Å². The molecule has 2 aromatic carbocycles. The van der Waals surface area contributed by atoms with Gasteiger partial charge < -0.3 is 68.1 Å². The second-order valence-corrected chi connectivity index (χ2v) is 18.5. The van der Waals surface area contributed by atoms with Gasteiger partial charge in [-0.1, -0.05) is 31.2 Å². The average Bonchev–Trinajstić information content (AvgIpc) is 3.83. The predicted molar refractivity (Wildman–Crippen MR) is 285 cm³/mol. The topological polar surface area (TPSA) is 236 Å². The molecule has 0 unspecified atom stereocenters. The quantitative estimate of drug-likeness (QED) is 0.0510. The summed E-state index contributed by atoms with van der Waals surface area (Å²) < 4.78 is 60.3. The first-order chi connectivity index (χ1) is 36.9. The van der Waals surface area contributed by atoms with Gasteiger partial charge in [-0.2, -0.15) is 0 Å². The Kier molecular flexibility index (Phi) is 31.6. The zero-order chi connectivity index (χ0) is 54.6. The van der Waals surface area contributed by atoms with E-state index in [1.807, 2.05) is 71.0 Å². The van der Waals surface area contributed by atoms with Gasteiger partial charge in [-0.05, 0) is 82.4 Å². The van der Waals surface area contributed by atoms with Gasteiger partial charge in [-0.25, -0.2) is 10.1 Å². The van der Waals surface area contributed by atoms with Crippen molar-refractivity contribution >= 4 is 41.3 Å². The summed E-state index contributed by atoms with van der Waals surface area (Å²) >= 11 is 0. The number of fused-ring (bicyclic) bond motifs is 1. The van der Waals surface area contributed by atoms with Gasteiger partial charge in [-0.15, -0.1) is 0 Å². The number of hydrogen-bond donors (Lipinski definition) is 2. The van der Waals surface area contributed by atoms with Crippen LogP contribution in [0.3, 0.4) is 0 Å². The number of carbonyl (C=O) groups is 4. The number of benzene rings is 2. The van der Waals surface area contributed by atoms with Crippen LogP contribution in [0.4, 0.5) is 5.69 Å². The molecule has 1 saturated heterocycles. The van der Waals surface area contributed by atoms with Gasteiger partial charge in [0.2, 0.25) is 5.91 Å². The van der Waals surface area contributed by atoms with Gasteiger partial charge in [-0.3, -0.25) is 24.0 Å². The second kappa shape index (κ2) is 37.8. The van der Waals surface area contributed by atoms with Gasteiger partial charge in [0.1, 0.15) is 17.5 Å². The molecule has 0 aliphatic carbocycles. The fourth-order valence-electron chi connectivity index (χ4n) is 7.70. The summed E-state index contributed by atoms with van der Waals surface area (Å²) in [5, 5.41) is 4.30. The molecular formula is C55H85N5O16. The Bertz CT molecular complexity index is 2040. The third-order valence-electron chi connectivity index (χ3n) is 11.3. The van der Waals surface area contributed by atoms with Crippen molar-refractivity contribution in [3.8, 4) is 11.1 Å². The van der Waals surface area contributed by atoms with Crippen LogP contribution in [0.1, 0.15) is 82.6 Å². The average molecular weight is 1070 g/mol. The van der Waals surface area contributed by atoms with Crippen LogP contribution in [0.25, 0.3) is 17.2 Å². The molecule has 2 heterocycles. The number of hydroxylamine groups is 2. The number of aliphatic imine (C=N–C) groups is 1. The molecule has 76 heavy (non-hydrogen) atoms. The highest BCUT2D eigenvalue weighted by molar-refractivity contribution is 6.05. The maximum Gasteiger partial charge on any atom is 0.308 e. The molecule has 2 aliphatic heterocycles. The zero-order valence-corrected chi connectivity index (χ0v) is 45.7. The van der Waals surface area contributed by atoms with Crippen LogP contribution in [-0.4, -0.2) is 210 Å². The van der Waals surface area contributed by atoms with Crippen LogP contribution in [0.5, 0.6) is 0 Å². The number of ether oxygens (including phenoxy) is 11. The largest absolute Gasteiger partial charge is 0.460 e. The van der Waals surface area contributed by atoms with Gasteiger partial charge in [0.15, 0.2) is 0 Å².